The number of nitrogens with zero attached hydrogens (tertiary/aromatic N) is 4. The van der Waals surface area contributed by atoms with E-state index < -0.39 is 23.7 Å². The van der Waals surface area contributed by atoms with Gasteiger partial charge < -0.3 is 5.32 Å². The van der Waals surface area contributed by atoms with Gasteiger partial charge in [0.15, 0.2) is 0 Å². The number of aromatic nitrogens is 3. The Kier molecular flexibility index (Phi) is 7.21. The van der Waals surface area contributed by atoms with Crippen LogP contribution in [0, 0.1) is 12.7 Å². The molecule has 1 aromatic heterocycles. The molecule has 1 heterocycles. The number of aryl methyl sites for hydroxylation is 1. The topological polar surface area (TPSA) is 80.1 Å². The van der Waals surface area contributed by atoms with Crippen molar-refractivity contribution in [3.05, 3.63) is 126 Å². The van der Waals surface area contributed by atoms with E-state index in [2.05, 4.69) is 15.6 Å². The largest absolute Gasteiger partial charge is 0.350 e. The number of carbonyl (C=O) groups is 2. The third-order valence-electron chi connectivity index (χ3n) is 6.30. The summed E-state index contributed by atoms with van der Waals surface area (Å²) in [6, 6.07) is 28.7. The van der Waals surface area contributed by atoms with Gasteiger partial charge in [-0.25, -0.2) is 9.07 Å². The van der Waals surface area contributed by atoms with Gasteiger partial charge in [0.05, 0.1) is 5.52 Å². The van der Waals surface area contributed by atoms with Crippen LogP contribution in [-0.4, -0.2) is 26.8 Å². The fourth-order valence-corrected chi connectivity index (χ4v) is 4.36. The van der Waals surface area contributed by atoms with Gasteiger partial charge in [0, 0.05) is 17.8 Å². The number of anilines is 1. The van der Waals surface area contributed by atoms with Crippen LogP contribution < -0.4 is 10.2 Å². The van der Waals surface area contributed by atoms with Crippen molar-refractivity contribution in [3.63, 3.8) is 0 Å². The van der Waals surface area contributed by atoms with E-state index in [0.29, 0.717) is 16.7 Å². The highest BCUT2D eigenvalue weighted by Gasteiger charge is 2.35. The number of fused-ring (bicyclic) bond motifs is 1. The van der Waals surface area contributed by atoms with Crippen molar-refractivity contribution in [2.24, 2.45) is 0 Å². The number of hydrogen-bond acceptors (Lipinski definition) is 4. The van der Waals surface area contributed by atoms with Gasteiger partial charge in [-0.1, -0.05) is 83.6 Å². The second-order valence-corrected chi connectivity index (χ2v) is 8.96. The van der Waals surface area contributed by atoms with Gasteiger partial charge in [0.2, 0.25) is 11.8 Å². The van der Waals surface area contributed by atoms with Crippen molar-refractivity contribution in [2.45, 2.75) is 26.1 Å². The Labute approximate surface area is 219 Å². The van der Waals surface area contributed by atoms with Crippen LogP contribution in [0.3, 0.4) is 0 Å². The van der Waals surface area contributed by atoms with Crippen molar-refractivity contribution in [1.82, 2.24) is 20.3 Å². The molecule has 0 saturated carbocycles. The highest BCUT2D eigenvalue weighted by atomic mass is 19.1. The van der Waals surface area contributed by atoms with E-state index in [1.54, 1.807) is 30.3 Å². The molecule has 7 nitrogen and oxygen atoms in total. The smallest absolute Gasteiger partial charge is 0.249 e. The fourth-order valence-electron chi connectivity index (χ4n) is 4.36. The molecule has 0 aliphatic rings. The minimum absolute atomic E-state index is 0.0930. The van der Waals surface area contributed by atoms with Crippen molar-refractivity contribution >= 4 is 28.5 Å². The van der Waals surface area contributed by atoms with Crippen LogP contribution in [0.4, 0.5) is 10.1 Å². The zero-order chi connectivity index (χ0) is 26.5. The molecule has 190 valence electrons. The Bertz CT molecular complexity index is 1570. The fraction of sp³-hybridized carbons (Fsp3) is 0.133. The predicted octanol–water partition coefficient (Wildman–Crippen LogP) is 4.97. The second-order valence-electron chi connectivity index (χ2n) is 8.96. The Morgan fingerprint density at radius 3 is 2.34 bits per heavy atom. The summed E-state index contributed by atoms with van der Waals surface area (Å²) >= 11 is 0. The van der Waals surface area contributed by atoms with Gasteiger partial charge in [-0.2, -0.15) is 0 Å². The molecule has 2 amide bonds. The summed E-state index contributed by atoms with van der Waals surface area (Å²) in [5.41, 5.74) is 3.76. The Balaban J connectivity index is 1.56. The van der Waals surface area contributed by atoms with Crippen molar-refractivity contribution < 1.29 is 14.0 Å². The maximum atomic E-state index is 15.2. The molecular formula is C30H26FN5O2. The normalized spacial score (nSPS) is 11.7. The average Bonchev–Trinajstić information content (AvgIpc) is 3.35. The molecule has 5 rings (SSSR count). The van der Waals surface area contributed by atoms with Gasteiger partial charge in [0.1, 0.15) is 23.9 Å². The third kappa shape index (κ3) is 5.29. The van der Waals surface area contributed by atoms with Gasteiger partial charge in [-0.15, -0.1) is 5.10 Å². The molecule has 38 heavy (non-hydrogen) atoms. The Hall–Kier alpha value is -4.85. The van der Waals surface area contributed by atoms with E-state index in [0.717, 1.165) is 11.1 Å². The summed E-state index contributed by atoms with van der Waals surface area (Å²) in [7, 11) is 0. The number of carbonyl (C=O) groups excluding carboxylic acids is 2. The van der Waals surface area contributed by atoms with Crippen molar-refractivity contribution in [1.29, 1.82) is 0 Å². The van der Waals surface area contributed by atoms with E-state index in [1.165, 1.54) is 21.7 Å². The first kappa shape index (κ1) is 24.8. The lowest BCUT2D eigenvalue weighted by Crippen LogP contribution is -2.45. The number of para-hydroxylation sites is 1. The number of nitrogens with one attached hydrogen (secondary N) is 1. The summed E-state index contributed by atoms with van der Waals surface area (Å²) in [5, 5.41) is 11.2. The van der Waals surface area contributed by atoms with Gasteiger partial charge >= 0.3 is 0 Å². The van der Waals surface area contributed by atoms with Gasteiger partial charge in [-0.3, -0.25) is 14.5 Å². The van der Waals surface area contributed by atoms with E-state index in [1.807, 2.05) is 67.6 Å². The molecule has 0 radical (unpaired) electrons. The number of hydrogen-bond donors (Lipinski definition) is 1. The molecular weight excluding hydrogens is 481 g/mol. The molecule has 8 heteroatoms. The molecule has 0 saturated heterocycles. The zero-order valence-corrected chi connectivity index (χ0v) is 20.8. The van der Waals surface area contributed by atoms with Crippen LogP contribution in [0.15, 0.2) is 103 Å². The van der Waals surface area contributed by atoms with Gasteiger partial charge in [-0.05, 0) is 42.8 Å². The number of benzene rings is 4. The summed E-state index contributed by atoms with van der Waals surface area (Å²) in [6.45, 7) is 1.97. The summed E-state index contributed by atoms with van der Waals surface area (Å²) in [4.78, 5) is 29.1. The maximum Gasteiger partial charge on any atom is 0.249 e. The number of amides is 2. The minimum Gasteiger partial charge on any atom is -0.350 e. The first-order valence-corrected chi connectivity index (χ1v) is 12.2. The molecule has 0 aliphatic heterocycles. The molecule has 5 aromatic rings. The number of halogens is 1. The molecule has 1 atom stereocenters. The van der Waals surface area contributed by atoms with Gasteiger partial charge in [0.25, 0.3) is 0 Å². The number of rotatable bonds is 8. The molecule has 0 bridgehead atoms. The van der Waals surface area contributed by atoms with E-state index in [9.17, 15) is 9.59 Å². The minimum atomic E-state index is -1.26. The molecule has 1 unspecified atom stereocenters. The maximum absolute atomic E-state index is 15.2. The lowest BCUT2D eigenvalue weighted by atomic mass is 10.0. The van der Waals surface area contributed by atoms with Crippen LogP contribution in [0.1, 0.15) is 22.7 Å². The standard InChI is InChI=1S/C30H26FN5O2/c1-21-15-17-23(18-16-21)36(28(37)20-35-27-14-8-7-13-26(27)33-34-35)29(24-11-5-6-12-25(24)31)30(38)32-19-22-9-3-2-4-10-22/h2-18,29H,19-20H2,1H3,(H,32,38). The third-order valence-corrected chi connectivity index (χ3v) is 6.30. The highest BCUT2D eigenvalue weighted by Crippen LogP contribution is 2.30. The van der Waals surface area contributed by atoms with Crippen molar-refractivity contribution in [2.75, 3.05) is 4.90 Å². The molecule has 0 spiro atoms. The van der Waals surface area contributed by atoms with Crippen LogP contribution in [0.25, 0.3) is 11.0 Å². The predicted molar refractivity (Wildman–Crippen MR) is 144 cm³/mol. The van der Waals surface area contributed by atoms with Crippen LogP contribution >= 0.6 is 0 Å². The van der Waals surface area contributed by atoms with E-state index in [4.69, 9.17) is 0 Å². The highest BCUT2D eigenvalue weighted by molar-refractivity contribution is 6.01. The monoisotopic (exact) mass is 507 g/mol. The lowest BCUT2D eigenvalue weighted by Gasteiger charge is -2.32. The first-order chi connectivity index (χ1) is 18.5. The van der Waals surface area contributed by atoms with E-state index in [-0.39, 0.29) is 18.7 Å². The van der Waals surface area contributed by atoms with Crippen LogP contribution in [0.5, 0.6) is 0 Å². The van der Waals surface area contributed by atoms with Crippen LogP contribution in [0.2, 0.25) is 0 Å². The Morgan fingerprint density at radius 1 is 0.895 bits per heavy atom. The molecule has 0 fully saturated rings. The Morgan fingerprint density at radius 2 is 1.58 bits per heavy atom. The summed E-state index contributed by atoms with van der Waals surface area (Å²) in [6.07, 6.45) is 0. The first-order valence-electron chi connectivity index (χ1n) is 12.2. The quantitative estimate of drug-likeness (QED) is 0.322. The average molecular weight is 508 g/mol. The van der Waals surface area contributed by atoms with E-state index >= 15 is 4.39 Å². The SMILES string of the molecule is Cc1ccc(N(C(=O)Cn2nnc3ccccc32)C(C(=O)NCc2ccccc2)c2ccccc2F)cc1. The molecule has 1 N–H and O–H groups in total. The summed E-state index contributed by atoms with van der Waals surface area (Å²) in [5.74, 6) is -1.52. The van der Waals surface area contributed by atoms with Crippen LogP contribution in [-0.2, 0) is 22.7 Å². The summed E-state index contributed by atoms with van der Waals surface area (Å²) < 4.78 is 16.7. The zero-order valence-electron chi connectivity index (χ0n) is 20.8. The second kappa shape index (κ2) is 11.0. The molecule has 4 aromatic carbocycles. The lowest BCUT2D eigenvalue weighted by molar-refractivity contribution is -0.127. The molecule has 0 aliphatic carbocycles. The van der Waals surface area contributed by atoms with Crippen molar-refractivity contribution in [3.8, 4) is 0 Å².